The maximum atomic E-state index is 11.5. The van der Waals surface area contributed by atoms with Crippen molar-refractivity contribution in [2.45, 2.75) is 0 Å². The van der Waals surface area contributed by atoms with Crippen LogP contribution in [0.1, 0.15) is 21.5 Å². The van der Waals surface area contributed by atoms with Crippen molar-refractivity contribution in [2.24, 2.45) is 0 Å². The molecule has 0 bridgehead atoms. The molecule has 0 heterocycles. The van der Waals surface area contributed by atoms with Crippen LogP contribution in [0, 0.1) is 11.8 Å². The van der Waals surface area contributed by atoms with E-state index in [4.69, 9.17) is 4.74 Å². The number of esters is 1. The summed E-state index contributed by atoms with van der Waals surface area (Å²) in [4.78, 5) is 11.5. The molecule has 2 aromatic rings. The van der Waals surface area contributed by atoms with E-state index >= 15 is 0 Å². The van der Waals surface area contributed by atoms with Gasteiger partial charge in [0.25, 0.3) is 0 Å². The first kappa shape index (κ1) is 14.5. The average Bonchev–Trinajstić information content (AvgIpc) is 2.53. The molecule has 0 atom stereocenters. The van der Waals surface area contributed by atoms with Gasteiger partial charge in [0, 0.05) is 11.1 Å². The van der Waals surface area contributed by atoms with E-state index in [2.05, 4.69) is 16.6 Å². The maximum absolute atomic E-state index is 11.5. The fourth-order valence-electron chi connectivity index (χ4n) is 1.71. The Morgan fingerprint density at radius 2 is 1.62 bits per heavy atom. The third-order valence-electron chi connectivity index (χ3n) is 2.84. The Balaban J connectivity index is 2.27. The maximum Gasteiger partial charge on any atom is 0.341 e. The molecule has 0 unspecified atom stereocenters. The van der Waals surface area contributed by atoms with Gasteiger partial charge >= 0.3 is 5.97 Å². The Kier molecular flexibility index (Phi) is 4.47. The molecule has 0 aliphatic rings. The van der Waals surface area contributed by atoms with Gasteiger partial charge in [-0.3, -0.25) is 0 Å². The summed E-state index contributed by atoms with van der Waals surface area (Å²) >= 11 is 0. The largest absolute Gasteiger partial charge is 0.507 e. The van der Waals surface area contributed by atoms with Gasteiger partial charge in [-0.1, -0.05) is 11.8 Å². The van der Waals surface area contributed by atoms with Crippen LogP contribution in [-0.2, 0) is 4.74 Å². The van der Waals surface area contributed by atoms with Gasteiger partial charge < -0.3 is 14.6 Å². The second-order valence-corrected chi connectivity index (χ2v) is 4.20. The third kappa shape index (κ3) is 3.54. The predicted octanol–water partition coefficient (Wildman–Crippen LogP) is 2.59. The van der Waals surface area contributed by atoms with Crippen LogP contribution in [0.15, 0.2) is 42.5 Å². The molecule has 4 heteroatoms. The Morgan fingerprint density at radius 3 is 2.24 bits per heavy atom. The van der Waals surface area contributed by atoms with Crippen LogP contribution < -0.4 is 4.74 Å². The zero-order chi connectivity index (χ0) is 15.2. The number of carbonyl (C=O) groups is 1. The highest BCUT2D eigenvalue weighted by Crippen LogP contribution is 2.19. The summed E-state index contributed by atoms with van der Waals surface area (Å²) in [6.07, 6.45) is 0. The van der Waals surface area contributed by atoms with Crippen molar-refractivity contribution in [1.29, 1.82) is 0 Å². The van der Waals surface area contributed by atoms with E-state index in [0.29, 0.717) is 5.56 Å². The number of aromatic hydroxyl groups is 1. The minimum atomic E-state index is -0.597. The van der Waals surface area contributed by atoms with Crippen LogP contribution in [0.25, 0.3) is 0 Å². The fourth-order valence-corrected chi connectivity index (χ4v) is 1.71. The molecule has 21 heavy (non-hydrogen) atoms. The second-order valence-electron chi connectivity index (χ2n) is 4.20. The van der Waals surface area contributed by atoms with E-state index in [1.807, 2.05) is 24.3 Å². The molecule has 0 fully saturated rings. The van der Waals surface area contributed by atoms with E-state index in [-0.39, 0.29) is 11.3 Å². The van der Waals surface area contributed by atoms with E-state index < -0.39 is 5.97 Å². The van der Waals surface area contributed by atoms with Crippen molar-refractivity contribution in [3.05, 3.63) is 59.2 Å². The first-order valence-electron chi connectivity index (χ1n) is 6.21. The molecule has 0 aliphatic carbocycles. The predicted molar refractivity (Wildman–Crippen MR) is 78.4 cm³/mol. The third-order valence-corrected chi connectivity index (χ3v) is 2.84. The lowest BCUT2D eigenvalue weighted by atomic mass is 10.1. The zero-order valence-corrected chi connectivity index (χ0v) is 11.7. The normalized spacial score (nSPS) is 9.43. The van der Waals surface area contributed by atoms with Crippen molar-refractivity contribution in [1.82, 2.24) is 0 Å². The fraction of sp³-hybridized carbons (Fsp3) is 0.118. The quantitative estimate of drug-likeness (QED) is 0.679. The van der Waals surface area contributed by atoms with Gasteiger partial charge in [0.1, 0.15) is 17.1 Å². The molecule has 0 saturated carbocycles. The summed E-state index contributed by atoms with van der Waals surface area (Å²) in [7, 11) is 2.86. The minimum Gasteiger partial charge on any atom is -0.507 e. The number of hydrogen-bond acceptors (Lipinski definition) is 4. The van der Waals surface area contributed by atoms with Gasteiger partial charge in [-0.25, -0.2) is 4.79 Å². The number of phenolic OH excluding ortho intramolecular Hbond substituents is 1. The molecule has 0 spiro atoms. The van der Waals surface area contributed by atoms with Crippen molar-refractivity contribution >= 4 is 5.97 Å². The average molecular weight is 282 g/mol. The molecule has 106 valence electrons. The number of benzene rings is 2. The number of methoxy groups -OCH3 is 2. The number of hydrogen-bond donors (Lipinski definition) is 1. The Morgan fingerprint density at radius 1 is 1.00 bits per heavy atom. The van der Waals surface area contributed by atoms with E-state index in [9.17, 15) is 9.90 Å². The molecular weight excluding hydrogens is 268 g/mol. The van der Waals surface area contributed by atoms with E-state index in [0.717, 1.165) is 11.3 Å². The monoisotopic (exact) mass is 282 g/mol. The van der Waals surface area contributed by atoms with Crippen molar-refractivity contribution in [2.75, 3.05) is 14.2 Å². The van der Waals surface area contributed by atoms with Crippen LogP contribution >= 0.6 is 0 Å². The summed E-state index contributed by atoms with van der Waals surface area (Å²) in [6, 6.07) is 11.9. The Labute approximate surface area is 122 Å². The van der Waals surface area contributed by atoms with Gasteiger partial charge in [-0.05, 0) is 42.5 Å². The molecule has 0 amide bonds. The zero-order valence-electron chi connectivity index (χ0n) is 11.7. The summed E-state index contributed by atoms with van der Waals surface area (Å²) < 4.78 is 9.67. The smallest absolute Gasteiger partial charge is 0.341 e. The van der Waals surface area contributed by atoms with Crippen LogP contribution in [0.3, 0.4) is 0 Å². The van der Waals surface area contributed by atoms with Crippen LogP contribution in [0.5, 0.6) is 11.5 Å². The van der Waals surface area contributed by atoms with Gasteiger partial charge in [0.2, 0.25) is 0 Å². The molecule has 0 radical (unpaired) electrons. The summed E-state index contributed by atoms with van der Waals surface area (Å²) in [5.41, 5.74) is 1.53. The topological polar surface area (TPSA) is 55.8 Å². The SMILES string of the molecule is COC(=O)c1cc(C#Cc2ccc(OC)cc2)ccc1O. The molecular formula is C17H14O4. The Bertz CT molecular complexity index is 706. The summed E-state index contributed by atoms with van der Waals surface area (Å²) in [6.45, 7) is 0. The number of phenols is 1. The summed E-state index contributed by atoms with van der Waals surface area (Å²) in [5.74, 6) is 5.95. The molecule has 4 nitrogen and oxygen atoms in total. The molecule has 1 N–H and O–H groups in total. The standard InChI is InChI=1S/C17H14O4/c1-20-14-8-5-12(6-9-14)3-4-13-7-10-16(18)15(11-13)17(19)21-2/h5-11,18H,1-2H3. The number of carbonyl (C=O) groups excluding carboxylic acids is 1. The first-order valence-corrected chi connectivity index (χ1v) is 6.21. The van der Waals surface area contributed by atoms with E-state index in [1.54, 1.807) is 13.2 Å². The van der Waals surface area contributed by atoms with Crippen molar-refractivity contribution < 1.29 is 19.4 Å². The molecule has 2 rings (SSSR count). The highest BCUT2D eigenvalue weighted by Gasteiger charge is 2.11. The van der Waals surface area contributed by atoms with E-state index in [1.165, 1.54) is 19.2 Å². The minimum absolute atomic E-state index is 0.0963. The molecule has 0 aromatic heterocycles. The lowest BCUT2D eigenvalue weighted by Crippen LogP contribution is -2.01. The molecule has 0 aliphatic heterocycles. The Hall–Kier alpha value is -2.93. The summed E-state index contributed by atoms with van der Waals surface area (Å²) in [5, 5.41) is 9.62. The van der Waals surface area contributed by atoms with Crippen molar-refractivity contribution in [3.63, 3.8) is 0 Å². The second kappa shape index (κ2) is 6.49. The highest BCUT2D eigenvalue weighted by atomic mass is 16.5. The first-order chi connectivity index (χ1) is 10.1. The lowest BCUT2D eigenvalue weighted by molar-refractivity contribution is 0.0597. The van der Waals surface area contributed by atoms with Crippen LogP contribution in [0.2, 0.25) is 0 Å². The van der Waals surface area contributed by atoms with Gasteiger partial charge in [-0.15, -0.1) is 0 Å². The highest BCUT2D eigenvalue weighted by molar-refractivity contribution is 5.92. The van der Waals surface area contributed by atoms with Crippen LogP contribution in [-0.4, -0.2) is 25.3 Å². The number of ether oxygens (including phenoxy) is 2. The van der Waals surface area contributed by atoms with Gasteiger partial charge in [-0.2, -0.15) is 0 Å². The lowest BCUT2D eigenvalue weighted by Gasteiger charge is -2.02. The van der Waals surface area contributed by atoms with Crippen LogP contribution in [0.4, 0.5) is 0 Å². The number of rotatable bonds is 2. The molecule has 0 saturated heterocycles. The molecule has 2 aromatic carbocycles. The van der Waals surface area contributed by atoms with Gasteiger partial charge in [0.05, 0.1) is 14.2 Å². The van der Waals surface area contributed by atoms with Gasteiger partial charge in [0.15, 0.2) is 0 Å². The van der Waals surface area contributed by atoms with Crippen molar-refractivity contribution in [3.8, 4) is 23.3 Å².